The van der Waals surface area contributed by atoms with Gasteiger partial charge in [0, 0.05) is 0 Å². The van der Waals surface area contributed by atoms with Crippen LogP contribution in [0.15, 0.2) is 158 Å². The van der Waals surface area contributed by atoms with E-state index in [0.29, 0.717) is 0 Å². The van der Waals surface area contributed by atoms with E-state index >= 15 is 0 Å². The minimum atomic E-state index is 1.19. The molecule has 0 atom stereocenters. The number of fused-ring (bicyclic) bond motifs is 4. The van der Waals surface area contributed by atoms with Crippen LogP contribution < -0.4 is 0 Å². The summed E-state index contributed by atoms with van der Waals surface area (Å²) in [5, 5.41) is 10.2. The Morgan fingerprint density at radius 2 is 0.568 bits per heavy atom. The van der Waals surface area contributed by atoms with Crippen LogP contribution in [0.5, 0.6) is 0 Å². The predicted molar refractivity (Wildman–Crippen MR) is 193 cm³/mol. The van der Waals surface area contributed by atoms with Crippen molar-refractivity contribution < 1.29 is 0 Å². The van der Waals surface area contributed by atoms with Crippen LogP contribution in [0.25, 0.3) is 78.5 Å². The minimum absolute atomic E-state index is 1.19. The number of hydrogen-bond donors (Lipinski definition) is 0. The zero-order chi connectivity index (χ0) is 29.3. The predicted octanol–water partition coefficient (Wildman–Crippen LogP) is 12.3. The second-order valence-corrected chi connectivity index (χ2v) is 11.4. The zero-order valence-electron chi connectivity index (χ0n) is 24.3. The standard InChI is InChI=1S/C44H30/c1-5-13-39-35(9-1)29-36-10-2-6-14-40(36)43(39)27-21-31-17-23-33(24-18-31)34-25-19-32(20-26-34)22-28-44-41-15-7-3-11-37(41)30-38-12-4-8-16-42(38)44/h1-30H/b27-21+,28-22+. The highest BCUT2D eigenvalue weighted by Gasteiger charge is 2.06. The van der Waals surface area contributed by atoms with Crippen molar-refractivity contribution in [3.8, 4) is 11.1 Å². The van der Waals surface area contributed by atoms with Crippen molar-refractivity contribution in [1.82, 2.24) is 0 Å². The van der Waals surface area contributed by atoms with E-state index in [-0.39, 0.29) is 0 Å². The third-order valence-corrected chi connectivity index (χ3v) is 8.67. The molecule has 0 amide bonds. The molecule has 0 saturated heterocycles. The topological polar surface area (TPSA) is 0 Å². The maximum absolute atomic E-state index is 2.28. The molecule has 0 aromatic heterocycles. The first-order valence-corrected chi connectivity index (χ1v) is 15.2. The molecule has 0 aliphatic rings. The number of benzene rings is 8. The summed E-state index contributed by atoms with van der Waals surface area (Å²) in [7, 11) is 0. The Kier molecular flexibility index (Phi) is 6.59. The molecule has 8 aromatic rings. The van der Waals surface area contributed by atoms with E-state index < -0.39 is 0 Å². The molecule has 8 aromatic carbocycles. The van der Waals surface area contributed by atoms with Crippen molar-refractivity contribution in [2.45, 2.75) is 0 Å². The second kappa shape index (κ2) is 11.2. The number of hydrogen-bond acceptors (Lipinski definition) is 0. The first-order chi connectivity index (χ1) is 21.8. The summed E-state index contributed by atoms with van der Waals surface area (Å²) in [6, 6.07) is 56.8. The molecule has 8 rings (SSSR count). The van der Waals surface area contributed by atoms with Crippen molar-refractivity contribution in [1.29, 1.82) is 0 Å². The van der Waals surface area contributed by atoms with E-state index in [1.54, 1.807) is 0 Å². The minimum Gasteiger partial charge on any atom is -0.0616 e. The van der Waals surface area contributed by atoms with Gasteiger partial charge in [-0.1, -0.05) is 170 Å². The first-order valence-electron chi connectivity index (χ1n) is 15.2. The molecule has 0 fully saturated rings. The van der Waals surface area contributed by atoms with Gasteiger partial charge in [0.15, 0.2) is 0 Å². The molecular weight excluding hydrogens is 528 g/mol. The van der Waals surface area contributed by atoms with Crippen LogP contribution in [0.1, 0.15) is 22.3 Å². The summed E-state index contributed by atoms with van der Waals surface area (Å²) in [6.45, 7) is 0. The van der Waals surface area contributed by atoms with E-state index in [1.807, 2.05) is 0 Å². The fourth-order valence-corrected chi connectivity index (χ4v) is 6.39. The molecule has 0 bridgehead atoms. The fourth-order valence-electron chi connectivity index (χ4n) is 6.39. The van der Waals surface area contributed by atoms with Crippen LogP contribution in [-0.2, 0) is 0 Å². The summed E-state index contributed by atoms with van der Waals surface area (Å²) >= 11 is 0. The molecule has 0 radical (unpaired) electrons. The van der Waals surface area contributed by atoms with Crippen molar-refractivity contribution >= 4 is 67.4 Å². The van der Waals surface area contributed by atoms with Crippen LogP contribution in [0.2, 0.25) is 0 Å². The summed E-state index contributed by atoms with van der Waals surface area (Å²) in [6.07, 6.45) is 8.98. The highest BCUT2D eigenvalue weighted by molar-refractivity contribution is 6.09. The van der Waals surface area contributed by atoms with E-state index in [4.69, 9.17) is 0 Å². The molecule has 0 heterocycles. The van der Waals surface area contributed by atoms with Gasteiger partial charge >= 0.3 is 0 Å². The Hall–Kier alpha value is -5.72. The van der Waals surface area contributed by atoms with Gasteiger partial charge in [0.05, 0.1) is 0 Å². The number of rotatable bonds is 5. The second-order valence-electron chi connectivity index (χ2n) is 11.4. The SMILES string of the molecule is C(=C\c1c2ccccc2cc2ccccc12)/c1ccc(-c2ccc(/C=C/c3c4ccccc4cc4ccccc34)cc2)cc1. The zero-order valence-corrected chi connectivity index (χ0v) is 24.3. The summed E-state index contributed by atoms with van der Waals surface area (Å²) in [5.74, 6) is 0. The Bertz CT molecular complexity index is 2070. The maximum atomic E-state index is 2.28. The van der Waals surface area contributed by atoms with Gasteiger partial charge in [0.1, 0.15) is 0 Å². The van der Waals surface area contributed by atoms with E-state index in [9.17, 15) is 0 Å². The molecule has 206 valence electrons. The third-order valence-electron chi connectivity index (χ3n) is 8.67. The molecule has 0 N–H and O–H groups in total. The van der Waals surface area contributed by atoms with Crippen molar-refractivity contribution in [2.75, 3.05) is 0 Å². The fraction of sp³-hybridized carbons (Fsp3) is 0. The van der Waals surface area contributed by atoms with E-state index in [2.05, 4.69) is 182 Å². The highest BCUT2D eigenvalue weighted by atomic mass is 14.1. The van der Waals surface area contributed by atoms with Gasteiger partial charge in [0.25, 0.3) is 0 Å². The largest absolute Gasteiger partial charge is 0.0616 e. The van der Waals surface area contributed by atoms with Crippen LogP contribution in [0, 0.1) is 0 Å². The molecule has 0 saturated carbocycles. The molecule has 0 aliphatic heterocycles. The Labute approximate surface area is 257 Å². The molecule has 44 heavy (non-hydrogen) atoms. The Morgan fingerprint density at radius 1 is 0.273 bits per heavy atom. The van der Waals surface area contributed by atoms with Crippen LogP contribution in [0.4, 0.5) is 0 Å². The van der Waals surface area contributed by atoms with Crippen molar-refractivity contribution in [2.24, 2.45) is 0 Å². The van der Waals surface area contributed by atoms with Gasteiger partial charge < -0.3 is 0 Å². The lowest BCUT2D eigenvalue weighted by molar-refractivity contribution is 1.59. The van der Waals surface area contributed by atoms with E-state index in [0.717, 1.165) is 0 Å². The van der Waals surface area contributed by atoms with Gasteiger partial charge in [-0.15, -0.1) is 0 Å². The van der Waals surface area contributed by atoms with Gasteiger partial charge in [-0.25, -0.2) is 0 Å². The van der Waals surface area contributed by atoms with Gasteiger partial charge in [-0.05, 0) is 88.6 Å². The Balaban J connectivity index is 1.05. The van der Waals surface area contributed by atoms with Crippen LogP contribution >= 0.6 is 0 Å². The van der Waals surface area contributed by atoms with Crippen LogP contribution in [-0.4, -0.2) is 0 Å². The van der Waals surface area contributed by atoms with Crippen molar-refractivity contribution in [3.63, 3.8) is 0 Å². The third kappa shape index (κ3) is 4.87. The molecule has 0 heteroatoms. The summed E-state index contributed by atoms with van der Waals surface area (Å²) in [5.41, 5.74) is 7.34. The average Bonchev–Trinajstić information content (AvgIpc) is 3.09. The summed E-state index contributed by atoms with van der Waals surface area (Å²) in [4.78, 5) is 0. The van der Waals surface area contributed by atoms with E-state index in [1.165, 1.54) is 76.5 Å². The maximum Gasteiger partial charge on any atom is -0.00992 e. The molecule has 0 aliphatic carbocycles. The quantitative estimate of drug-likeness (QED) is 0.146. The van der Waals surface area contributed by atoms with Crippen molar-refractivity contribution in [3.05, 3.63) is 180 Å². The highest BCUT2D eigenvalue weighted by Crippen LogP contribution is 2.32. The molecule has 0 spiro atoms. The smallest absolute Gasteiger partial charge is 0.00992 e. The first kappa shape index (κ1) is 25.9. The van der Waals surface area contributed by atoms with Gasteiger partial charge in [-0.3, -0.25) is 0 Å². The average molecular weight is 559 g/mol. The lowest BCUT2D eigenvalue weighted by atomic mass is 9.95. The molecular formula is C44H30. The normalized spacial score (nSPS) is 11.9. The molecule has 0 unspecified atom stereocenters. The monoisotopic (exact) mass is 558 g/mol. The lowest BCUT2D eigenvalue weighted by Crippen LogP contribution is -1.84. The van der Waals surface area contributed by atoms with Gasteiger partial charge in [0.2, 0.25) is 0 Å². The Morgan fingerprint density at radius 3 is 0.886 bits per heavy atom. The van der Waals surface area contributed by atoms with Gasteiger partial charge in [-0.2, -0.15) is 0 Å². The lowest BCUT2D eigenvalue weighted by Gasteiger charge is -2.09. The molecule has 0 nitrogen and oxygen atoms in total. The van der Waals surface area contributed by atoms with Crippen LogP contribution in [0.3, 0.4) is 0 Å². The summed E-state index contributed by atoms with van der Waals surface area (Å²) < 4.78 is 0.